The minimum Gasteiger partial charge on any atom is -0.458 e. The highest BCUT2D eigenvalue weighted by Crippen LogP contribution is 2.22. The Morgan fingerprint density at radius 3 is 1.91 bits per heavy atom. The number of hydrogen-bond acceptors (Lipinski definition) is 8. The molecule has 0 spiro atoms. The minimum atomic E-state index is -2.00. The Balaban J connectivity index is 2.07. The second-order valence-corrected chi connectivity index (χ2v) is 3.76. The predicted octanol–water partition coefficient (Wildman–Crippen LogP) is 1.66. The highest BCUT2D eigenvalue weighted by Gasteiger charge is 2.45. The van der Waals surface area contributed by atoms with E-state index in [1.165, 1.54) is 24.3 Å². The highest BCUT2D eigenvalue weighted by atomic mass is 17.0. The second kappa shape index (κ2) is 6.34. The molecule has 0 aromatic carbocycles. The van der Waals surface area contributed by atoms with Gasteiger partial charge in [0, 0.05) is 0 Å². The van der Waals surface area contributed by atoms with E-state index in [-0.39, 0.29) is 11.5 Å². The first-order valence-corrected chi connectivity index (χ1v) is 5.65. The smallest absolute Gasteiger partial charge is 0.458 e. The fourth-order valence-electron chi connectivity index (χ4n) is 1.45. The summed E-state index contributed by atoms with van der Waals surface area (Å²) in [4.78, 5) is 40.4. The maximum atomic E-state index is 11.5. The summed E-state index contributed by atoms with van der Waals surface area (Å²) in [6, 6.07) is 5.16. The maximum absolute atomic E-state index is 11.5. The molecule has 0 fully saturated rings. The van der Waals surface area contributed by atoms with Crippen LogP contribution in [0.25, 0.3) is 0 Å². The van der Waals surface area contributed by atoms with Crippen LogP contribution in [0.5, 0.6) is 0 Å². The summed E-state index contributed by atoms with van der Waals surface area (Å²) >= 11 is 0. The van der Waals surface area contributed by atoms with E-state index in [4.69, 9.17) is 14.0 Å². The van der Waals surface area contributed by atoms with Crippen molar-refractivity contribution in [1.29, 1.82) is 0 Å². The maximum Gasteiger partial charge on any atom is 0.519 e. The molecule has 0 aliphatic heterocycles. The van der Waals surface area contributed by atoms with Crippen LogP contribution in [-0.2, 0) is 9.68 Å². The molecule has 0 aliphatic rings. The number of nitrogens with zero attached hydrogens (tertiary/aromatic N) is 3. The van der Waals surface area contributed by atoms with Gasteiger partial charge in [-0.05, 0) is 24.3 Å². The molecular weight excluding hydrogens is 306 g/mol. The van der Waals surface area contributed by atoms with Crippen molar-refractivity contribution in [2.24, 2.45) is 0 Å². The lowest BCUT2D eigenvalue weighted by Crippen LogP contribution is -2.25. The molecular formula is C10H9N3O9+2. The van der Waals surface area contributed by atoms with E-state index >= 15 is 0 Å². The normalized spacial score (nSPS) is 13.1. The molecule has 2 aromatic rings. The largest absolute Gasteiger partial charge is 0.519 e. The van der Waals surface area contributed by atoms with Gasteiger partial charge in [0.15, 0.2) is 0 Å². The standard InChI is InChI=1S/C10H9N3O9/c14-11(15)9(7-3-1-5-19-7)21-13(18)22-10(12(16)17)8-4-2-6-20-8/h1-6,9-10H,(H,14,15)/q+2. The third-order valence-corrected chi connectivity index (χ3v) is 2.34. The lowest BCUT2D eigenvalue weighted by atomic mass is 10.4. The van der Waals surface area contributed by atoms with Gasteiger partial charge in [0.2, 0.25) is 11.5 Å². The van der Waals surface area contributed by atoms with Crippen LogP contribution in [-0.4, -0.2) is 20.1 Å². The quantitative estimate of drug-likeness (QED) is 0.436. The van der Waals surface area contributed by atoms with Crippen LogP contribution in [0.2, 0.25) is 0 Å². The molecule has 22 heavy (non-hydrogen) atoms. The zero-order valence-corrected chi connectivity index (χ0v) is 10.7. The summed E-state index contributed by atoms with van der Waals surface area (Å²) < 4.78 is 9.54. The summed E-state index contributed by atoms with van der Waals surface area (Å²) in [5.74, 6) is -0.496. The summed E-state index contributed by atoms with van der Waals surface area (Å²) in [7, 11) is 0. The van der Waals surface area contributed by atoms with E-state index < -0.39 is 27.4 Å². The van der Waals surface area contributed by atoms with Gasteiger partial charge in [-0.1, -0.05) is 9.68 Å². The molecule has 0 saturated heterocycles. The van der Waals surface area contributed by atoms with E-state index in [0.717, 1.165) is 12.5 Å². The van der Waals surface area contributed by atoms with Crippen molar-refractivity contribution >= 4 is 0 Å². The lowest BCUT2D eigenvalue weighted by Gasteiger charge is -2.00. The summed E-state index contributed by atoms with van der Waals surface area (Å²) in [5, 5.41) is 19.0. The zero-order chi connectivity index (χ0) is 16.1. The predicted molar refractivity (Wildman–Crippen MR) is 61.1 cm³/mol. The molecule has 2 atom stereocenters. The third kappa shape index (κ3) is 3.36. The molecule has 2 rings (SSSR count). The van der Waals surface area contributed by atoms with Gasteiger partial charge in [-0.25, -0.2) is 5.21 Å². The Labute approximate surface area is 120 Å². The number of nitro groups is 1. The second-order valence-electron chi connectivity index (χ2n) is 3.76. The molecule has 2 unspecified atom stereocenters. The van der Waals surface area contributed by atoms with Crippen LogP contribution in [0.4, 0.5) is 0 Å². The molecule has 2 heterocycles. The number of rotatable bonds is 8. The van der Waals surface area contributed by atoms with Crippen LogP contribution < -0.4 is 0 Å². The van der Waals surface area contributed by atoms with Gasteiger partial charge in [-0.2, -0.15) is 0 Å². The average molecular weight is 315 g/mol. The average Bonchev–Trinajstić information content (AvgIpc) is 3.14. The highest BCUT2D eigenvalue weighted by molar-refractivity contribution is 4.99. The van der Waals surface area contributed by atoms with Crippen LogP contribution in [0.1, 0.15) is 24.0 Å². The van der Waals surface area contributed by atoms with E-state index in [1.807, 2.05) is 0 Å². The first kappa shape index (κ1) is 15.0. The van der Waals surface area contributed by atoms with Crippen molar-refractivity contribution in [3.8, 4) is 0 Å². The fraction of sp³-hybridized carbons (Fsp3) is 0.200. The number of hydrogen-bond donors (Lipinski definition) is 1. The van der Waals surface area contributed by atoms with Crippen LogP contribution in [0.3, 0.4) is 0 Å². The van der Waals surface area contributed by atoms with Gasteiger partial charge in [-0.15, -0.1) is 0 Å². The SMILES string of the molecule is O=[N+](OC(c1ccco1)[N+](=O)[O-])OC(c1ccco1)[N+](=O)O. The molecule has 0 radical (unpaired) electrons. The van der Waals surface area contributed by atoms with Crippen LogP contribution >= 0.6 is 0 Å². The van der Waals surface area contributed by atoms with Crippen molar-refractivity contribution in [2.45, 2.75) is 12.5 Å². The van der Waals surface area contributed by atoms with Gasteiger partial charge in [0.05, 0.1) is 22.4 Å². The Bertz CT molecular complexity index is 595. The van der Waals surface area contributed by atoms with Gasteiger partial charge in [-0.3, -0.25) is 10.1 Å². The van der Waals surface area contributed by atoms with E-state index in [0.29, 0.717) is 0 Å². The van der Waals surface area contributed by atoms with E-state index in [9.17, 15) is 19.9 Å². The molecule has 0 aliphatic carbocycles. The van der Waals surface area contributed by atoms with Gasteiger partial charge < -0.3 is 8.83 Å². The Hall–Kier alpha value is -3.44. The molecule has 116 valence electrons. The van der Waals surface area contributed by atoms with Crippen molar-refractivity contribution in [3.05, 3.63) is 68.2 Å². The molecule has 12 heteroatoms. The van der Waals surface area contributed by atoms with E-state index in [1.54, 1.807) is 0 Å². The molecule has 1 N–H and O–H groups in total. The lowest BCUT2D eigenvalue weighted by molar-refractivity contribution is -1.05. The minimum absolute atomic E-state index is 0.224. The summed E-state index contributed by atoms with van der Waals surface area (Å²) in [5.41, 5.74) is 0. The monoisotopic (exact) mass is 315 g/mol. The van der Waals surface area contributed by atoms with Crippen molar-refractivity contribution in [1.82, 2.24) is 0 Å². The molecule has 0 amide bonds. The Morgan fingerprint density at radius 1 is 1.00 bits per heavy atom. The summed E-state index contributed by atoms with van der Waals surface area (Å²) in [6.07, 6.45) is -1.60. The Kier molecular flexibility index (Phi) is 4.31. The third-order valence-electron chi connectivity index (χ3n) is 2.34. The fourth-order valence-corrected chi connectivity index (χ4v) is 1.45. The van der Waals surface area contributed by atoms with E-state index in [2.05, 4.69) is 9.68 Å². The number of furan rings is 2. The van der Waals surface area contributed by atoms with Crippen LogP contribution in [0.15, 0.2) is 45.6 Å². The summed E-state index contributed by atoms with van der Waals surface area (Å²) in [6.45, 7) is 0. The first-order valence-electron chi connectivity index (χ1n) is 5.65. The topological polar surface area (TPSA) is 148 Å². The van der Waals surface area contributed by atoms with Gasteiger partial charge >= 0.3 is 17.5 Å². The molecule has 2 aromatic heterocycles. The van der Waals surface area contributed by atoms with Crippen molar-refractivity contribution < 1.29 is 38.6 Å². The van der Waals surface area contributed by atoms with Gasteiger partial charge in [0.25, 0.3) is 4.92 Å². The molecule has 0 saturated carbocycles. The van der Waals surface area contributed by atoms with Gasteiger partial charge in [0.1, 0.15) is 4.91 Å². The Morgan fingerprint density at radius 2 is 1.50 bits per heavy atom. The first-order chi connectivity index (χ1) is 10.5. The molecule has 12 nitrogen and oxygen atoms in total. The zero-order valence-electron chi connectivity index (χ0n) is 10.7. The van der Waals surface area contributed by atoms with Crippen molar-refractivity contribution in [3.63, 3.8) is 0 Å². The van der Waals surface area contributed by atoms with Crippen molar-refractivity contribution in [2.75, 3.05) is 0 Å². The molecule has 0 bridgehead atoms. The van der Waals surface area contributed by atoms with Crippen LogP contribution in [0, 0.1) is 19.9 Å².